The summed E-state index contributed by atoms with van der Waals surface area (Å²) in [5.41, 5.74) is 10.7. The smallest absolute Gasteiger partial charge is 0.0587 e. The molecule has 1 aliphatic rings. The molecule has 0 aromatic heterocycles. The summed E-state index contributed by atoms with van der Waals surface area (Å²) in [4.78, 5) is 2.34. The van der Waals surface area contributed by atoms with E-state index in [1.165, 1.54) is 5.56 Å². The van der Waals surface area contributed by atoms with Crippen molar-refractivity contribution in [2.75, 3.05) is 39.8 Å². The first-order valence-corrected chi connectivity index (χ1v) is 8.03. The summed E-state index contributed by atoms with van der Waals surface area (Å²) in [6.07, 6.45) is 0. The minimum atomic E-state index is 0.160. The van der Waals surface area contributed by atoms with Crippen molar-refractivity contribution < 1.29 is 0 Å². The summed E-state index contributed by atoms with van der Waals surface area (Å²) in [6, 6.07) is 6.43. The summed E-state index contributed by atoms with van der Waals surface area (Å²) in [6.45, 7) is 4.83. The van der Waals surface area contributed by atoms with Gasteiger partial charge < -0.3 is 10.6 Å². The van der Waals surface area contributed by atoms with E-state index in [1.54, 1.807) is 0 Å². The molecule has 1 fully saturated rings. The summed E-state index contributed by atoms with van der Waals surface area (Å²) < 4.78 is 2.12. The molecule has 0 radical (unpaired) electrons. The largest absolute Gasteiger partial charge is 0.329 e. The van der Waals surface area contributed by atoms with Crippen LogP contribution in [0.1, 0.15) is 11.6 Å². The third-order valence-electron chi connectivity index (χ3n) is 3.42. The third kappa shape index (κ3) is 4.24. The molecule has 1 aromatic rings. The van der Waals surface area contributed by atoms with Crippen molar-refractivity contribution in [2.24, 2.45) is 5.73 Å². The number of hydrazine groups is 1. The lowest BCUT2D eigenvalue weighted by molar-refractivity contribution is 0.0880. The van der Waals surface area contributed by atoms with Gasteiger partial charge >= 0.3 is 0 Å². The normalized spacial score (nSPS) is 19.6. The van der Waals surface area contributed by atoms with Crippen LogP contribution in [-0.2, 0) is 0 Å². The number of nitrogens with zero attached hydrogens (tertiary/aromatic N) is 2. The number of hydrogen-bond acceptors (Lipinski definition) is 4. The van der Waals surface area contributed by atoms with Crippen LogP contribution in [0.3, 0.4) is 0 Å². The van der Waals surface area contributed by atoms with Gasteiger partial charge in [-0.05, 0) is 56.6 Å². The lowest BCUT2D eigenvalue weighted by Gasteiger charge is -2.35. The maximum atomic E-state index is 5.91. The van der Waals surface area contributed by atoms with Gasteiger partial charge in [-0.3, -0.25) is 0 Å². The highest BCUT2D eigenvalue weighted by molar-refractivity contribution is 9.13. The van der Waals surface area contributed by atoms with E-state index in [-0.39, 0.29) is 6.04 Å². The standard InChI is InChI=1S/C13H20Br2N4/c1-18-4-6-19(7-5-18)17-13(9-16)10-2-3-11(14)12(15)8-10/h2-3,8,13,17H,4-7,9,16H2,1H3. The lowest BCUT2D eigenvalue weighted by atomic mass is 10.1. The van der Waals surface area contributed by atoms with E-state index in [4.69, 9.17) is 5.73 Å². The van der Waals surface area contributed by atoms with Crippen molar-refractivity contribution >= 4 is 31.9 Å². The highest BCUT2D eigenvalue weighted by atomic mass is 79.9. The Labute approximate surface area is 131 Å². The molecule has 1 aromatic carbocycles. The molecule has 0 saturated carbocycles. The molecular formula is C13H20Br2N4. The zero-order chi connectivity index (χ0) is 13.8. The molecule has 1 unspecified atom stereocenters. The maximum absolute atomic E-state index is 5.91. The van der Waals surface area contributed by atoms with Gasteiger partial charge in [-0.15, -0.1) is 0 Å². The van der Waals surface area contributed by atoms with Crippen molar-refractivity contribution in [3.8, 4) is 0 Å². The summed E-state index contributed by atoms with van der Waals surface area (Å²) in [5, 5.41) is 2.27. The van der Waals surface area contributed by atoms with Gasteiger partial charge in [0, 0.05) is 41.7 Å². The van der Waals surface area contributed by atoms with Crippen LogP contribution in [-0.4, -0.2) is 49.7 Å². The van der Waals surface area contributed by atoms with Crippen LogP contribution in [0.5, 0.6) is 0 Å². The van der Waals surface area contributed by atoms with Crippen molar-refractivity contribution in [3.63, 3.8) is 0 Å². The van der Waals surface area contributed by atoms with Crippen LogP contribution < -0.4 is 11.2 Å². The predicted molar refractivity (Wildman–Crippen MR) is 85.8 cm³/mol. The molecule has 3 N–H and O–H groups in total. The van der Waals surface area contributed by atoms with Gasteiger partial charge in [0.2, 0.25) is 0 Å². The van der Waals surface area contributed by atoms with Gasteiger partial charge in [-0.2, -0.15) is 0 Å². The van der Waals surface area contributed by atoms with Crippen molar-refractivity contribution in [1.82, 2.24) is 15.3 Å². The van der Waals surface area contributed by atoms with E-state index in [9.17, 15) is 0 Å². The third-order valence-corrected chi connectivity index (χ3v) is 5.30. The molecular weight excluding hydrogens is 372 g/mol. The first-order valence-electron chi connectivity index (χ1n) is 6.45. The van der Waals surface area contributed by atoms with Gasteiger partial charge in [0.25, 0.3) is 0 Å². The Morgan fingerprint density at radius 3 is 2.47 bits per heavy atom. The average molecular weight is 392 g/mol. The van der Waals surface area contributed by atoms with Crippen molar-refractivity contribution in [3.05, 3.63) is 32.7 Å². The highest BCUT2D eigenvalue weighted by Gasteiger charge is 2.18. The molecule has 1 saturated heterocycles. The van der Waals surface area contributed by atoms with E-state index in [1.807, 2.05) is 6.07 Å². The van der Waals surface area contributed by atoms with Gasteiger partial charge in [-0.1, -0.05) is 6.07 Å². The topological polar surface area (TPSA) is 44.5 Å². The van der Waals surface area contributed by atoms with Gasteiger partial charge in [0.1, 0.15) is 0 Å². The Bertz CT molecular complexity index is 419. The van der Waals surface area contributed by atoms with E-state index in [0.717, 1.165) is 35.1 Å². The molecule has 0 spiro atoms. The molecule has 0 amide bonds. The van der Waals surface area contributed by atoms with Crippen LogP contribution >= 0.6 is 31.9 Å². The number of nitrogens with two attached hydrogens (primary N) is 1. The number of hydrogen-bond donors (Lipinski definition) is 2. The maximum Gasteiger partial charge on any atom is 0.0587 e. The number of benzene rings is 1. The Morgan fingerprint density at radius 2 is 1.89 bits per heavy atom. The summed E-state index contributed by atoms with van der Waals surface area (Å²) in [5.74, 6) is 0. The predicted octanol–water partition coefficient (Wildman–Crippen LogP) is 1.96. The van der Waals surface area contributed by atoms with Crippen molar-refractivity contribution in [2.45, 2.75) is 6.04 Å². The fourth-order valence-electron chi connectivity index (χ4n) is 2.15. The molecule has 1 aliphatic heterocycles. The van der Waals surface area contributed by atoms with Crippen molar-refractivity contribution in [1.29, 1.82) is 0 Å². The van der Waals surface area contributed by atoms with Crippen LogP contribution in [0.4, 0.5) is 0 Å². The van der Waals surface area contributed by atoms with Gasteiger partial charge in [0.05, 0.1) is 6.04 Å². The first-order chi connectivity index (χ1) is 9.10. The number of halogens is 2. The molecule has 4 nitrogen and oxygen atoms in total. The number of nitrogens with one attached hydrogen (secondary N) is 1. The quantitative estimate of drug-likeness (QED) is 0.823. The van der Waals surface area contributed by atoms with Crippen LogP contribution in [0.15, 0.2) is 27.1 Å². The van der Waals surface area contributed by atoms with E-state index in [0.29, 0.717) is 6.54 Å². The monoisotopic (exact) mass is 390 g/mol. The second kappa shape index (κ2) is 7.15. The summed E-state index contributed by atoms with van der Waals surface area (Å²) >= 11 is 7.03. The SMILES string of the molecule is CN1CCN(NC(CN)c2ccc(Br)c(Br)c2)CC1. The van der Waals surface area contributed by atoms with Crippen LogP contribution in [0.25, 0.3) is 0 Å². The van der Waals surface area contributed by atoms with E-state index < -0.39 is 0 Å². The molecule has 1 heterocycles. The average Bonchev–Trinajstić information content (AvgIpc) is 2.41. The lowest BCUT2D eigenvalue weighted by Crippen LogP contribution is -2.52. The molecule has 0 bridgehead atoms. The fraction of sp³-hybridized carbons (Fsp3) is 0.538. The fourth-order valence-corrected chi connectivity index (χ4v) is 2.79. The van der Waals surface area contributed by atoms with Gasteiger partial charge in [-0.25, -0.2) is 10.4 Å². The zero-order valence-corrected chi connectivity index (χ0v) is 14.2. The molecule has 6 heteroatoms. The van der Waals surface area contributed by atoms with E-state index in [2.05, 4.69) is 66.4 Å². The number of piperazine rings is 1. The molecule has 106 valence electrons. The Balaban J connectivity index is 2.01. The van der Waals surface area contributed by atoms with Crippen LogP contribution in [0, 0.1) is 0 Å². The molecule has 1 atom stereocenters. The van der Waals surface area contributed by atoms with E-state index >= 15 is 0 Å². The minimum Gasteiger partial charge on any atom is -0.329 e. The zero-order valence-electron chi connectivity index (χ0n) is 11.1. The second-order valence-electron chi connectivity index (χ2n) is 4.88. The summed E-state index contributed by atoms with van der Waals surface area (Å²) in [7, 11) is 2.16. The Hall–Kier alpha value is 0.0200. The van der Waals surface area contributed by atoms with Gasteiger partial charge in [0.15, 0.2) is 0 Å². The Kier molecular flexibility index (Phi) is 5.80. The number of rotatable bonds is 4. The molecule has 0 aliphatic carbocycles. The number of likely N-dealkylation sites (N-methyl/N-ethyl adjacent to an activating group) is 1. The van der Waals surface area contributed by atoms with Crippen LogP contribution in [0.2, 0.25) is 0 Å². The Morgan fingerprint density at radius 1 is 1.21 bits per heavy atom. The highest BCUT2D eigenvalue weighted by Crippen LogP contribution is 2.26. The first kappa shape index (κ1) is 15.4. The minimum absolute atomic E-state index is 0.160. The second-order valence-corrected chi connectivity index (χ2v) is 6.59. The molecule has 2 rings (SSSR count). The molecule has 19 heavy (non-hydrogen) atoms.